The Kier molecular flexibility index (Phi) is 2.08. The molecule has 4 nitrogen and oxygen atoms in total. The first kappa shape index (κ1) is 9.03. The van der Waals surface area contributed by atoms with Gasteiger partial charge in [-0.2, -0.15) is 0 Å². The van der Waals surface area contributed by atoms with Gasteiger partial charge in [-0.25, -0.2) is 0 Å². The van der Waals surface area contributed by atoms with E-state index in [1.165, 1.54) is 0 Å². The fraction of sp³-hybridized carbons (Fsp3) is 0.875. The summed E-state index contributed by atoms with van der Waals surface area (Å²) >= 11 is 0. The molecule has 1 heterocycles. The Morgan fingerprint density at radius 2 is 2.23 bits per heavy atom. The van der Waals surface area contributed by atoms with E-state index in [2.05, 4.69) is 0 Å². The van der Waals surface area contributed by atoms with Crippen molar-refractivity contribution in [3.05, 3.63) is 0 Å². The number of carboxylic acids is 1. The maximum atomic E-state index is 11.0. The third-order valence-electron chi connectivity index (χ3n) is 3.32. The van der Waals surface area contributed by atoms with Gasteiger partial charge in [0.05, 0.1) is 0 Å². The molecule has 0 aromatic heterocycles. The molecule has 1 aliphatic carbocycles. The van der Waals surface area contributed by atoms with Gasteiger partial charge in [0.15, 0.2) is 0 Å². The van der Waals surface area contributed by atoms with Crippen LogP contribution >= 0.6 is 0 Å². The molecule has 1 aliphatic heterocycles. The maximum Gasteiger partial charge on any atom is 0.377 e. The highest BCUT2D eigenvalue weighted by Crippen LogP contribution is 2.42. The van der Waals surface area contributed by atoms with Crippen molar-refractivity contribution in [1.29, 1.82) is 0 Å². The Morgan fingerprint density at radius 1 is 1.54 bits per heavy atom. The van der Waals surface area contributed by atoms with Gasteiger partial charge in [-0.15, -0.1) is 0 Å². The normalized spacial score (nSPS) is 38.2. The molecule has 1 saturated carbocycles. The van der Waals surface area contributed by atoms with Crippen LogP contribution in [0.1, 0.15) is 19.3 Å². The first-order valence-electron chi connectivity index (χ1n) is 4.79. The van der Waals surface area contributed by atoms with Crippen molar-refractivity contribution in [2.75, 3.05) is 0 Å². The fourth-order valence-electron chi connectivity index (χ4n) is 2.89. The van der Waals surface area contributed by atoms with E-state index in [4.69, 9.17) is 5.11 Å². The van der Waals surface area contributed by atoms with Crippen LogP contribution < -0.4 is 0 Å². The van der Waals surface area contributed by atoms with Gasteiger partial charge in [-0.3, -0.25) is 4.79 Å². The lowest BCUT2D eigenvalue weighted by molar-refractivity contribution is -0.143. The standard InChI is InChI=1S/C8H14BNO3/c1-9(13)10-6-3-2-5(4-6)7(10)8(11)12/h5-7,13H,2-4H2,1H3,(H,11,12). The summed E-state index contributed by atoms with van der Waals surface area (Å²) in [7, 11) is -0.628. The highest BCUT2D eigenvalue weighted by molar-refractivity contribution is 6.46. The van der Waals surface area contributed by atoms with Crippen molar-refractivity contribution in [2.24, 2.45) is 5.92 Å². The molecule has 3 atom stereocenters. The molecule has 0 aromatic rings. The van der Waals surface area contributed by atoms with Crippen molar-refractivity contribution >= 4 is 13.0 Å². The van der Waals surface area contributed by atoms with Crippen LogP contribution in [0, 0.1) is 5.92 Å². The van der Waals surface area contributed by atoms with E-state index in [-0.39, 0.29) is 5.92 Å². The van der Waals surface area contributed by atoms with Crippen molar-refractivity contribution in [1.82, 2.24) is 4.81 Å². The Morgan fingerprint density at radius 3 is 2.69 bits per heavy atom. The van der Waals surface area contributed by atoms with Crippen LogP contribution in [0.15, 0.2) is 0 Å². The zero-order valence-electron chi connectivity index (χ0n) is 7.68. The summed E-state index contributed by atoms with van der Waals surface area (Å²) in [4.78, 5) is 12.7. The quantitative estimate of drug-likeness (QED) is 0.593. The molecule has 2 N–H and O–H groups in total. The summed E-state index contributed by atoms with van der Waals surface area (Å²) in [6.45, 7) is 1.65. The van der Waals surface area contributed by atoms with E-state index < -0.39 is 19.1 Å². The van der Waals surface area contributed by atoms with E-state index >= 15 is 0 Å². The van der Waals surface area contributed by atoms with Crippen LogP contribution in [0.25, 0.3) is 0 Å². The van der Waals surface area contributed by atoms with Gasteiger partial charge in [0.1, 0.15) is 6.04 Å². The number of nitrogens with zero attached hydrogens (tertiary/aromatic N) is 1. The van der Waals surface area contributed by atoms with E-state index in [0.29, 0.717) is 6.04 Å². The zero-order chi connectivity index (χ0) is 9.59. The second kappa shape index (κ2) is 2.99. The number of piperidine rings is 1. The molecule has 1 saturated heterocycles. The first-order chi connectivity index (χ1) is 6.11. The Balaban J connectivity index is 2.20. The third-order valence-corrected chi connectivity index (χ3v) is 3.32. The van der Waals surface area contributed by atoms with Gasteiger partial charge < -0.3 is 14.9 Å². The summed E-state index contributed by atoms with van der Waals surface area (Å²) in [6, 6.07) is -0.148. The second-order valence-corrected chi connectivity index (χ2v) is 4.09. The third kappa shape index (κ3) is 1.26. The van der Waals surface area contributed by atoms with Crippen molar-refractivity contribution < 1.29 is 14.9 Å². The van der Waals surface area contributed by atoms with Crippen LogP contribution in [-0.2, 0) is 4.79 Å². The average molecular weight is 183 g/mol. The minimum atomic E-state index is -0.784. The molecule has 13 heavy (non-hydrogen) atoms. The molecule has 0 radical (unpaired) electrons. The lowest BCUT2D eigenvalue weighted by atomic mass is 9.80. The van der Waals surface area contributed by atoms with E-state index in [9.17, 15) is 9.82 Å². The molecule has 2 bridgehead atoms. The van der Waals surface area contributed by atoms with Gasteiger partial charge in [-0.05, 0) is 32.0 Å². The Labute approximate surface area is 77.7 Å². The number of rotatable bonds is 2. The predicted molar refractivity (Wildman–Crippen MR) is 48.2 cm³/mol. The Bertz CT molecular complexity index is 233. The van der Waals surface area contributed by atoms with Crippen LogP contribution in [0.4, 0.5) is 0 Å². The van der Waals surface area contributed by atoms with Crippen LogP contribution in [0.3, 0.4) is 0 Å². The highest BCUT2D eigenvalue weighted by Gasteiger charge is 2.51. The fourth-order valence-corrected chi connectivity index (χ4v) is 2.89. The lowest BCUT2D eigenvalue weighted by Gasteiger charge is -2.33. The molecule has 2 rings (SSSR count). The topological polar surface area (TPSA) is 60.8 Å². The number of hydrogen-bond acceptors (Lipinski definition) is 3. The van der Waals surface area contributed by atoms with Gasteiger partial charge >= 0.3 is 13.0 Å². The summed E-state index contributed by atoms with van der Waals surface area (Å²) in [5.74, 6) is -0.523. The van der Waals surface area contributed by atoms with Crippen LogP contribution in [0.2, 0.25) is 6.82 Å². The molecule has 2 fully saturated rings. The minimum absolute atomic E-state index is 0.261. The Hall–Kier alpha value is -0.545. The van der Waals surface area contributed by atoms with Crippen LogP contribution in [0.5, 0.6) is 0 Å². The summed E-state index contributed by atoms with van der Waals surface area (Å²) < 4.78 is 0. The van der Waals surface area contributed by atoms with E-state index in [1.54, 1.807) is 11.6 Å². The molecule has 2 aliphatic rings. The molecular formula is C8H14BNO3. The monoisotopic (exact) mass is 183 g/mol. The SMILES string of the molecule is CB(O)N1C2CCC(C2)C1C(=O)O. The number of carbonyl (C=O) groups is 1. The molecule has 0 spiro atoms. The molecular weight excluding hydrogens is 169 g/mol. The molecule has 5 heteroatoms. The van der Waals surface area contributed by atoms with Gasteiger partial charge in [-0.1, -0.05) is 0 Å². The smallest absolute Gasteiger partial charge is 0.377 e. The summed E-state index contributed by atoms with van der Waals surface area (Å²) in [6.07, 6.45) is 2.99. The lowest BCUT2D eigenvalue weighted by Crippen LogP contribution is -2.52. The second-order valence-electron chi connectivity index (χ2n) is 4.09. The van der Waals surface area contributed by atoms with Crippen molar-refractivity contribution in [2.45, 2.75) is 38.2 Å². The summed E-state index contributed by atoms with van der Waals surface area (Å²) in [5, 5.41) is 18.5. The maximum absolute atomic E-state index is 11.0. The zero-order valence-corrected chi connectivity index (χ0v) is 7.68. The summed E-state index contributed by atoms with van der Waals surface area (Å²) in [5.41, 5.74) is 0. The molecule has 3 unspecified atom stereocenters. The van der Waals surface area contributed by atoms with Gasteiger partial charge in [0, 0.05) is 6.04 Å². The van der Waals surface area contributed by atoms with Crippen molar-refractivity contribution in [3.63, 3.8) is 0 Å². The predicted octanol–water partition coefficient (Wildman–Crippen LogP) is 0.0342. The highest BCUT2D eigenvalue weighted by atomic mass is 16.4. The van der Waals surface area contributed by atoms with E-state index in [0.717, 1.165) is 19.3 Å². The van der Waals surface area contributed by atoms with Gasteiger partial charge in [0.2, 0.25) is 0 Å². The van der Waals surface area contributed by atoms with Crippen molar-refractivity contribution in [3.8, 4) is 0 Å². The van der Waals surface area contributed by atoms with Crippen LogP contribution in [-0.4, -0.2) is 40.0 Å². The molecule has 72 valence electrons. The number of aliphatic carboxylic acids is 1. The minimum Gasteiger partial charge on any atom is -0.480 e. The largest absolute Gasteiger partial charge is 0.480 e. The molecule has 0 aromatic carbocycles. The van der Waals surface area contributed by atoms with Gasteiger partial charge in [0.25, 0.3) is 0 Å². The van der Waals surface area contributed by atoms with E-state index in [1.807, 2.05) is 0 Å². The average Bonchev–Trinajstić information content (AvgIpc) is 2.60. The first-order valence-corrected chi connectivity index (χ1v) is 4.79. The number of fused-ring (bicyclic) bond motifs is 2. The number of hydrogen-bond donors (Lipinski definition) is 2. The number of carboxylic acid groups (broad SMARTS) is 1. The molecule has 0 amide bonds.